The Labute approximate surface area is 89.3 Å². The van der Waals surface area contributed by atoms with E-state index in [2.05, 4.69) is 15.6 Å². The molecule has 14 heavy (non-hydrogen) atoms. The second-order valence-corrected chi connectivity index (χ2v) is 3.25. The van der Waals surface area contributed by atoms with Gasteiger partial charge in [0, 0.05) is 13.6 Å². The summed E-state index contributed by atoms with van der Waals surface area (Å²) in [5.74, 6) is 1.03. The van der Waals surface area contributed by atoms with Gasteiger partial charge >= 0.3 is 0 Å². The Morgan fingerprint density at radius 1 is 1.43 bits per heavy atom. The molecule has 0 amide bonds. The summed E-state index contributed by atoms with van der Waals surface area (Å²) in [5, 5.41) is 0. The van der Waals surface area contributed by atoms with Crippen LogP contribution in [0.5, 0.6) is 0 Å². The monoisotopic (exact) mass is 211 g/mol. The molecule has 0 saturated heterocycles. The quantitative estimate of drug-likeness (QED) is 0.781. The molecule has 2 aromatic rings. The number of fused-ring (bicyclic) bond motifs is 1. The predicted molar refractivity (Wildman–Crippen MR) is 60.6 cm³/mol. The van der Waals surface area contributed by atoms with Crippen molar-refractivity contribution in [2.45, 2.75) is 13.5 Å². The fourth-order valence-corrected chi connectivity index (χ4v) is 1.49. The summed E-state index contributed by atoms with van der Waals surface area (Å²) in [6, 6.07) is 6.16. The molecule has 3 nitrogen and oxygen atoms in total. The molecule has 1 heterocycles. The topological polar surface area (TPSA) is 43.8 Å². The second-order valence-electron chi connectivity index (χ2n) is 3.25. The first-order valence-electron chi connectivity index (χ1n) is 4.34. The van der Waals surface area contributed by atoms with E-state index in [1.807, 2.05) is 26.1 Å². The molecule has 0 bridgehead atoms. The van der Waals surface area contributed by atoms with Crippen molar-refractivity contribution >= 4 is 23.4 Å². The number of aromatic nitrogens is 2. The smallest absolute Gasteiger partial charge is 0.106 e. The van der Waals surface area contributed by atoms with Crippen LogP contribution in [0.3, 0.4) is 0 Å². The van der Waals surface area contributed by atoms with Gasteiger partial charge in [-0.15, -0.1) is 12.4 Å². The van der Waals surface area contributed by atoms with Crippen molar-refractivity contribution in [2.24, 2.45) is 12.8 Å². The fourth-order valence-electron chi connectivity index (χ4n) is 1.49. The molecule has 1 aromatic carbocycles. The molecule has 0 radical (unpaired) electrons. The molecular weight excluding hydrogens is 198 g/mol. The van der Waals surface area contributed by atoms with E-state index in [9.17, 15) is 0 Å². The van der Waals surface area contributed by atoms with Crippen LogP contribution in [0.1, 0.15) is 11.4 Å². The van der Waals surface area contributed by atoms with E-state index in [0.717, 1.165) is 22.4 Å². The van der Waals surface area contributed by atoms with E-state index in [4.69, 9.17) is 5.73 Å². The lowest BCUT2D eigenvalue weighted by atomic mass is 10.2. The van der Waals surface area contributed by atoms with Crippen molar-refractivity contribution in [1.82, 2.24) is 9.55 Å². The minimum Gasteiger partial charge on any atom is -0.331 e. The van der Waals surface area contributed by atoms with Gasteiger partial charge < -0.3 is 10.3 Å². The average molecular weight is 212 g/mol. The molecule has 0 saturated carbocycles. The molecule has 0 aliphatic heterocycles. The van der Waals surface area contributed by atoms with Gasteiger partial charge in [0.15, 0.2) is 0 Å². The van der Waals surface area contributed by atoms with E-state index in [-0.39, 0.29) is 12.4 Å². The molecule has 0 aliphatic carbocycles. The van der Waals surface area contributed by atoms with Crippen LogP contribution in [0.2, 0.25) is 0 Å². The Bertz CT molecular complexity index is 448. The highest BCUT2D eigenvalue weighted by molar-refractivity contribution is 5.85. The Morgan fingerprint density at radius 2 is 2.14 bits per heavy atom. The van der Waals surface area contributed by atoms with Gasteiger partial charge in [-0.2, -0.15) is 0 Å². The zero-order valence-electron chi connectivity index (χ0n) is 8.32. The molecule has 0 unspecified atom stereocenters. The first-order chi connectivity index (χ1) is 6.22. The SMILES string of the molecule is Cc1nc2cc(CN)ccc2n1C.Cl. The summed E-state index contributed by atoms with van der Waals surface area (Å²) >= 11 is 0. The molecule has 1 aromatic heterocycles. The minimum atomic E-state index is 0. The number of benzene rings is 1. The molecule has 2 rings (SSSR count). The zero-order valence-corrected chi connectivity index (χ0v) is 9.14. The number of hydrogen-bond donors (Lipinski definition) is 1. The molecular formula is C10H14ClN3. The summed E-state index contributed by atoms with van der Waals surface area (Å²) in [6.45, 7) is 2.58. The maximum atomic E-state index is 5.55. The van der Waals surface area contributed by atoms with Crippen LogP contribution in [0.25, 0.3) is 11.0 Å². The molecule has 76 valence electrons. The molecule has 0 aliphatic rings. The van der Waals surface area contributed by atoms with Gasteiger partial charge in [-0.05, 0) is 24.6 Å². The minimum absolute atomic E-state index is 0. The van der Waals surface area contributed by atoms with E-state index < -0.39 is 0 Å². The van der Waals surface area contributed by atoms with E-state index in [1.54, 1.807) is 0 Å². The second kappa shape index (κ2) is 3.98. The first kappa shape index (κ1) is 11.0. The lowest BCUT2D eigenvalue weighted by molar-refractivity contribution is 0.886. The highest BCUT2D eigenvalue weighted by Crippen LogP contribution is 2.15. The number of halogens is 1. The summed E-state index contributed by atoms with van der Waals surface area (Å²) in [5.41, 5.74) is 8.87. The first-order valence-corrected chi connectivity index (χ1v) is 4.34. The van der Waals surface area contributed by atoms with E-state index >= 15 is 0 Å². The third-order valence-electron chi connectivity index (χ3n) is 2.40. The molecule has 0 spiro atoms. The van der Waals surface area contributed by atoms with Crippen LogP contribution in [0.4, 0.5) is 0 Å². The van der Waals surface area contributed by atoms with Gasteiger partial charge in [-0.1, -0.05) is 6.07 Å². The number of aryl methyl sites for hydroxylation is 2. The molecule has 4 heteroatoms. The zero-order chi connectivity index (χ0) is 9.42. The lowest BCUT2D eigenvalue weighted by Crippen LogP contribution is -1.95. The summed E-state index contributed by atoms with van der Waals surface area (Å²) in [6.07, 6.45) is 0. The standard InChI is InChI=1S/C10H13N3.ClH/c1-7-12-9-5-8(6-11)3-4-10(9)13(7)2;/h3-5H,6,11H2,1-2H3;1H. The van der Waals surface area contributed by atoms with Crippen LogP contribution < -0.4 is 5.73 Å². The molecule has 0 fully saturated rings. The number of rotatable bonds is 1. The Kier molecular flexibility index (Phi) is 3.13. The number of hydrogen-bond acceptors (Lipinski definition) is 2. The van der Waals surface area contributed by atoms with E-state index in [0.29, 0.717) is 6.54 Å². The maximum Gasteiger partial charge on any atom is 0.106 e. The third kappa shape index (κ3) is 1.61. The summed E-state index contributed by atoms with van der Waals surface area (Å²) in [7, 11) is 2.02. The molecule has 2 N–H and O–H groups in total. The summed E-state index contributed by atoms with van der Waals surface area (Å²) in [4.78, 5) is 4.43. The summed E-state index contributed by atoms with van der Waals surface area (Å²) < 4.78 is 2.08. The Balaban J connectivity index is 0.000000980. The van der Waals surface area contributed by atoms with Crippen molar-refractivity contribution in [3.63, 3.8) is 0 Å². The van der Waals surface area contributed by atoms with Gasteiger partial charge in [-0.3, -0.25) is 0 Å². The van der Waals surface area contributed by atoms with E-state index in [1.165, 1.54) is 0 Å². The average Bonchev–Trinajstić information content (AvgIpc) is 2.42. The Hall–Kier alpha value is -1.06. The maximum absolute atomic E-state index is 5.55. The van der Waals surface area contributed by atoms with Gasteiger partial charge in [0.25, 0.3) is 0 Å². The van der Waals surface area contributed by atoms with Gasteiger partial charge in [0.1, 0.15) is 5.82 Å². The Morgan fingerprint density at radius 3 is 2.79 bits per heavy atom. The van der Waals surface area contributed by atoms with Gasteiger partial charge in [0.2, 0.25) is 0 Å². The highest BCUT2D eigenvalue weighted by Gasteiger charge is 2.03. The van der Waals surface area contributed by atoms with Crippen LogP contribution in [-0.2, 0) is 13.6 Å². The van der Waals surface area contributed by atoms with Crippen LogP contribution >= 0.6 is 12.4 Å². The third-order valence-corrected chi connectivity index (χ3v) is 2.40. The number of nitrogens with zero attached hydrogens (tertiary/aromatic N) is 2. The van der Waals surface area contributed by atoms with Crippen molar-refractivity contribution in [2.75, 3.05) is 0 Å². The van der Waals surface area contributed by atoms with Crippen LogP contribution in [0.15, 0.2) is 18.2 Å². The lowest BCUT2D eigenvalue weighted by Gasteiger charge is -1.97. The van der Waals surface area contributed by atoms with Crippen molar-refractivity contribution in [1.29, 1.82) is 0 Å². The molecule has 0 atom stereocenters. The predicted octanol–water partition coefficient (Wildman–Crippen LogP) is 1.76. The highest BCUT2D eigenvalue weighted by atomic mass is 35.5. The number of imidazole rings is 1. The van der Waals surface area contributed by atoms with Crippen LogP contribution in [-0.4, -0.2) is 9.55 Å². The van der Waals surface area contributed by atoms with Crippen molar-refractivity contribution in [3.8, 4) is 0 Å². The van der Waals surface area contributed by atoms with Crippen molar-refractivity contribution < 1.29 is 0 Å². The van der Waals surface area contributed by atoms with Gasteiger partial charge in [-0.25, -0.2) is 4.98 Å². The van der Waals surface area contributed by atoms with Crippen molar-refractivity contribution in [3.05, 3.63) is 29.6 Å². The fraction of sp³-hybridized carbons (Fsp3) is 0.300. The normalized spacial score (nSPS) is 10.2. The number of nitrogens with two attached hydrogens (primary N) is 1. The van der Waals surface area contributed by atoms with Gasteiger partial charge in [0.05, 0.1) is 11.0 Å². The largest absolute Gasteiger partial charge is 0.331 e. The van der Waals surface area contributed by atoms with Crippen LogP contribution in [0, 0.1) is 6.92 Å².